The number of methoxy groups -OCH3 is 1. The quantitative estimate of drug-likeness (QED) is 0.700. The Morgan fingerprint density at radius 1 is 1.30 bits per heavy atom. The minimum atomic E-state index is -1.34. The van der Waals surface area contributed by atoms with Gasteiger partial charge >= 0.3 is 5.63 Å². The minimum absolute atomic E-state index is 0.176. The number of benzene rings is 1. The largest absolute Gasteiger partial charge is 0.548 e. The van der Waals surface area contributed by atoms with Crippen molar-refractivity contribution in [3.8, 4) is 5.75 Å². The van der Waals surface area contributed by atoms with Crippen molar-refractivity contribution in [2.24, 2.45) is 0 Å². The summed E-state index contributed by atoms with van der Waals surface area (Å²) in [6, 6.07) is 2.46. The Hall–Kier alpha value is -2.83. The summed E-state index contributed by atoms with van der Waals surface area (Å²) in [5, 5.41) is 14.2. The molecule has 0 saturated heterocycles. The summed E-state index contributed by atoms with van der Waals surface area (Å²) < 4.78 is 10.8. The number of unbranched alkanes of at least 4 members (excludes halogenated alkanes) is 1. The Balaban J connectivity index is 2.35. The van der Waals surface area contributed by atoms with Gasteiger partial charge in [0.15, 0.2) is 0 Å². The number of aliphatic carboxylic acids is 1. The zero-order chi connectivity index (χ0) is 20.1. The molecule has 0 unspecified atom stereocenters. The molecule has 1 heterocycles. The second kappa shape index (κ2) is 8.70. The molecule has 0 spiro atoms. The van der Waals surface area contributed by atoms with E-state index in [0.29, 0.717) is 28.7 Å². The van der Waals surface area contributed by atoms with Crippen molar-refractivity contribution >= 4 is 22.8 Å². The number of hydrogen-bond donors (Lipinski definition) is 1. The Bertz CT molecular complexity index is 915. The number of amides is 1. The first kappa shape index (κ1) is 20.5. The molecule has 0 aliphatic rings. The van der Waals surface area contributed by atoms with Crippen molar-refractivity contribution < 1.29 is 23.8 Å². The Labute approximate surface area is 157 Å². The van der Waals surface area contributed by atoms with Crippen LogP contribution in [0.15, 0.2) is 21.3 Å². The number of carboxylic acids is 1. The van der Waals surface area contributed by atoms with E-state index in [1.54, 1.807) is 13.0 Å². The average molecular weight is 374 g/mol. The van der Waals surface area contributed by atoms with Crippen molar-refractivity contribution in [1.29, 1.82) is 0 Å². The van der Waals surface area contributed by atoms with Crippen molar-refractivity contribution in [3.05, 3.63) is 39.2 Å². The summed E-state index contributed by atoms with van der Waals surface area (Å²) in [7, 11) is 1.52. The predicted octanol–water partition coefficient (Wildman–Crippen LogP) is 1.39. The number of rotatable bonds is 8. The topological polar surface area (TPSA) is 109 Å². The maximum atomic E-state index is 12.4. The van der Waals surface area contributed by atoms with E-state index < -0.39 is 23.5 Å². The minimum Gasteiger partial charge on any atom is -0.548 e. The number of hydrogen-bond acceptors (Lipinski definition) is 6. The number of ether oxygens (including phenoxy) is 1. The second-order valence-electron chi connectivity index (χ2n) is 6.59. The van der Waals surface area contributed by atoms with Crippen LogP contribution in [0.3, 0.4) is 0 Å². The lowest BCUT2D eigenvalue weighted by atomic mass is 10.0. The van der Waals surface area contributed by atoms with Gasteiger partial charge in [0.05, 0.1) is 36.5 Å². The fourth-order valence-electron chi connectivity index (χ4n) is 3.07. The molecule has 0 saturated carbocycles. The summed E-state index contributed by atoms with van der Waals surface area (Å²) in [5.74, 6) is -1.36. The third kappa shape index (κ3) is 4.67. The molecule has 1 amide bonds. The molecule has 2 rings (SSSR count). The SMILES string of the molecule is CCCC[C@H](NC(=O)Cc1c(C)c2c(OC)cc(C)cc2oc1=O)C(=O)[O-]. The average Bonchev–Trinajstić information content (AvgIpc) is 2.60. The second-order valence-corrected chi connectivity index (χ2v) is 6.59. The normalized spacial score (nSPS) is 12.0. The highest BCUT2D eigenvalue weighted by atomic mass is 16.5. The number of fused-ring (bicyclic) bond motifs is 1. The lowest BCUT2D eigenvalue weighted by molar-refractivity contribution is -0.308. The van der Waals surface area contributed by atoms with E-state index in [4.69, 9.17) is 9.15 Å². The molecule has 2 aromatic rings. The number of aryl methyl sites for hydroxylation is 2. The fraction of sp³-hybridized carbons (Fsp3) is 0.450. The van der Waals surface area contributed by atoms with Gasteiger partial charge in [-0.05, 0) is 43.5 Å². The Morgan fingerprint density at radius 3 is 2.59 bits per heavy atom. The Kier molecular flexibility index (Phi) is 6.60. The maximum absolute atomic E-state index is 12.4. The number of carboxylic acid groups (broad SMARTS) is 1. The van der Waals surface area contributed by atoms with Crippen LogP contribution in [0.1, 0.15) is 42.9 Å². The first-order valence-electron chi connectivity index (χ1n) is 8.89. The summed E-state index contributed by atoms with van der Waals surface area (Å²) in [6.07, 6.45) is 1.44. The van der Waals surface area contributed by atoms with E-state index in [1.807, 2.05) is 19.9 Å². The zero-order valence-corrected chi connectivity index (χ0v) is 16.0. The van der Waals surface area contributed by atoms with Gasteiger partial charge in [0.2, 0.25) is 5.91 Å². The third-order valence-electron chi connectivity index (χ3n) is 4.51. The van der Waals surface area contributed by atoms with Gasteiger partial charge in [0, 0.05) is 0 Å². The molecular formula is C20H24NO6-. The molecule has 27 heavy (non-hydrogen) atoms. The first-order chi connectivity index (χ1) is 12.8. The van der Waals surface area contributed by atoms with Crippen LogP contribution >= 0.6 is 0 Å². The molecule has 0 fully saturated rings. The molecule has 0 radical (unpaired) electrons. The lowest BCUT2D eigenvalue weighted by Gasteiger charge is -2.19. The molecule has 146 valence electrons. The van der Waals surface area contributed by atoms with E-state index in [2.05, 4.69) is 5.32 Å². The van der Waals surface area contributed by atoms with Gasteiger partial charge in [0.25, 0.3) is 0 Å². The van der Waals surface area contributed by atoms with Crippen molar-refractivity contribution in [3.63, 3.8) is 0 Å². The fourth-order valence-corrected chi connectivity index (χ4v) is 3.07. The third-order valence-corrected chi connectivity index (χ3v) is 4.51. The van der Waals surface area contributed by atoms with Gasteiger partial charge in [-0.15, -0.1) is 0 Å². The predicted molar refractivity (Wildman–Crippen MR) is 98.7 cm³/mol. The van der Waals surface area contributed by atoms with Crippen LogP contribution in [0.4, 0.5) is 0 Å². The molecular weight excluding hydrogens is 350 g/mol. The molecule has 1 aromatic carbocycles. The Morgan fingerprint density at radius 2 is 2.00 bits per heavy atom. The van der Waals surface area contributed by atoms with Gasteiger partial charge in [-0.1, -0.05) is 19.8 Å². The van der Waals surface area contributed by atoms with Crippen LogP contribution in [-0.2, 0) is 16.0 Å². The van der Waals surface area contributed by atoms with Crippen molar-refractivity contribution in [1.82, 2.24) is 5.32 Å². The van der Waals surface area contributed by atoms with Gasteiger partial charge in [0.1, 0.15) is 11.3 Å². The highest BCUT2D eigenvalue weighted by Crippen LogP contribution is 2.30. The van der Waals surface area contributed by atoms with E-state index in [0.717, 1.165) is 12.0 Å². The monoisotopic (exact) mass is 374 g/mol. The van der Waals surface area contributed by atoms with Gasteiger partial charge < -0.3 is 24.4 Å². The summed E-state index contributed by atoms with van der Waals surface area (Å²) in [6.45, 7) is 5.50. The zero-order valence-electron chi connectivity index (χ0n) is 16.0. The van der Waals surface area contributed by atoms with Gasteiger partial charge in [-0.25, -0.2) is 4.79 Å². The summed E-state index contributed by atoms with van der Waals surface area (Å²) in [5.41, 5.74) is 1.39. The molecule has 1 atom stereocenters. The summed E-state index contributed by atoms with van der Waals surface area (Å²) >= 11 is 0. The molecule has 1 aromatic heterocycles. The van der Waals surface area contributed by atoms with Crippen LogP contribution in [-0.4, -0.2) is 25.0 Å². The van der Waals surface area contributed by atoms with Crippen molar-refractivity contribution in [2.75, 3.05) is 7.11 Å². The first-order valence-corrected chi connectivity index (χ1v) is 8.89. The van der Waals surface area contributed by atoms with Crippen LogP contribution in [0.25, 0.3) is 11.0 Å². The van der Waals surface area contributed by atoms with Gasteiger partial charge in [-0.2, -0.15) is 0 Å². The number of carbonyl (C=O) groups excluding carboxylic acids is 2. The van der Waals surface area contributed by atoms with Crippen LogP contribution < -0.4 is 20.8 Å². The molecule has 7 nitrogen and oxygen atoms in total. The van der Waals surface area contributed by atoms with E-state index in [1.165, 1.54) is 7.11 Å². The molecule has 0 aliphatic heterocycles. The van der Waals surface area contributed by atoms with Crippen molar-refractivity contribution in [2.45, 2.75) is 52.5 Å². The number of nitrogens with one attached hydrogen (secondary N) is 1. The smallest absolute Gasteiger partial charge is 0.340 e. The summed E-state index contributed by atoms with van der Waals surface area (Å²) in [4.78, 5) is 35.9. The lowest BCUT2D eigenvalue weighted by Crippen LogP contribution is -2.48. The maximum Gasteiger partial charge on any atom is 0.340 e. The highest BCUT2D eigenvalue weighted by molar-refractivity contribution is 5.90. The van der Waals surface area contributed by atoms with E-state index >= 15 is 0 Å². The number of carbonyl (C=O) groups is 2. The van der Waals surface area contributed by atoms with E-state index in [9.17, 15) is 19.5 Å². The van der Waals surface area contributed by atoms with Gasteiger partial charge in [-0.3, -0.25) is 4.79 Å². The molecule has 0 bridgehead atoms. The van der Waals surface area contributed by atoms with E-state index in [-0.39, 0.29) is 18.4 Å². The van der Waals surface area contributed by atoms with Crippen LogP contribution in [0, 0.1) is 13.8 Å². The van der Waals surface area contributed by atoms with Crippen LogP contribution in [0.2, 0.25) is 0 Å². The van der Waals surface area contributed by atoms with Crippen LogP contribution in [0.5, 0.6) is 5.75 Å². The molecule has 1 N–H and O–H groups in total. The highest BCUT2D eigenvalue weighted by Gasteiger charge is 2.20. The molecule has 0 aliphatic carbocycles. The standard InChI is InChI=1S/C20H25NO6/c1-5-6-7-14(19(23)24)21-17(22)10-13-12(3)18-15(26-4)8-11(2)9-16(18)27-20(13)25/h8-9,14H,5-7,10H2,1-4H3,(H,21,22)(H,23,24)/p-1/t14-/m0/s1. The molecule has 7 heteroatoms.